The summed E-state index contributed by atoms with van der Waals surface area (Å²) in [4.78, 5) is 10.3. The van der Waals surface area contributed by atoms with E-state index in [9.17, 15) is 4.79 Å². The molecule has 3 nitrogen and oxygen atoms in total. The molecule has 15 heteroatoms. The van der Waals surface area contributed by atoms with Crippen molar-refractivity contribution in [3.8, 4) is 0 Å². The van der Waals surface area contributed by atoms with Gasteiger partial charge in [-0.2, -0.15) is 12.6 Å². The minimum Gasteiger partial charge on any atom is -0.463 e. The first kappa shape index (κ1) is 26.7. The van der Waals surface area contributed by atoms with Gasteiger partial charge in [-0.3, -0.25) is 4.79 Å². The van der Waals surface area contributed by atoms with Gasteiger partial charge >= 0.3 is 5.97 Å². The van der Waals surface area contributed by atoms with Crippen LogP contribution in [0.15, 0.2) is 0 Å². The summed E-state index contributed by atoms with van der Waals surface area (Å²) in [6.07, 6.45) is 0. The number of carbonyl (C=O) groups excluding carboxylic acids is 1. The third-order valence-electron chi connectivity index (χ3n) is 1.42. The van der Waals surface area contributed by atoms with Crippen molar-refractivity contribution in [3.05, 3.63) is 0 Å². The molecule has 0 amide bonds. The van der Waals surface area contributed by atoms with Crippen LogP contribution in [-0.4, -0.2) is 32.0 Å². The van der Waals surface area contributed by atoms with Crippen LogP contribution in [0.5, 0.6) is 0 Å². The molecule has 0 aliphatic rings. The highest BCUT2D eigenvalue weighted by atomic mass is 33.2. The average molecular weight is 504 g/mol. The van der Waals surface area contributed by atoms with Crippen LogP contribution >= 0.6 is 102 Å². The van der Waals surface area contributed by atoms with Crippen LogP contribution < -0.4 is 0 Å². The maximum absolute atomic E-state index is 10.3. The molecule has 0 aromatic carbocycles. The van der Waals surface area contributed by atoms with Crippen molar-refractivity contribution in [2.24, 2.45) is 0 Å². The van der Waals surface area contributed by atoms with Crippen molar-refractivity contribution in [1.29, 1.82) is 0 Å². The number of hydrogen-bond donors (Lipinski definition) is 1. The molecule has 0 fully saturated rings. The van der Waals surface area contributed by atoms with Crippen LogP contribution in [0, 0.1) is 0 Å². The molecule has 0 aliphatic heterocycles. The molecule has 0 saturated heterocycles. The molecule has 0 aromatic heterocycles. The van der Waals surface area contributed by atoms with Crippen LogP contribution in [0.2, 0.25) is 0 Å². The Kier molecular flexibility index (Phi) is 24.5. The molecule has 0 bridgehead atoms. The summed E-state index contributed by atoms with van der Waals surface area (Å²) in [6.45, 7) is 1.52. The van der Waals surface area contributed by atoms with Crippen molar-refractivity contribution in [2.45, 2.75) is 0 Å². The summed E-state index contributed by atoms with van der Waals surface area (Å²) in [6, 6.07) is 0. The van der Waals surface area contributed by atoms with Crippen LogP contribution in [0.25, 0.3) is 0 Å². The molecule has 8 unspecified atom stereocenters. The maximum atomic E-state index is 10.3. The van der Waals surface area contributed by atoms with Gasteiger partial charge in [-0.1, -0.05) is 7.96 Å². The topological polar surface area (TPSA) is 35.5 Å². The predicted molar refractivity (Wildman–Crippen MR) is 131 cm³/mol. The third kappa shape index (κ3) is 16.0. The lowest BCUT2D eigenvalue weighted by Gasteiger charge is -2.29. The molecule has 20 heavy (non-hydrogen) atoms. The summed E-state index contributed by atoms with van der Waals surface area (Å²) in [5, 5.41) is 0. The normalized spacial score (nSPS) is 12.9. The van der Waals surface area contributed by atoms with E-state index in [1.807, 2.05) is 0 Å². The zero-order valence-electron chi connectivity index (χ0n) is 11.0. The highest BCUT2D eigenvalue weighted by Gasteiger charge is 2.22. The van der Waals surface area contributed by atoms with Gasteiger partial charge in [0.2, 0.25) is 0 Å². The van der Waals surface area contributed by atoms with E-state index < -0.39 is 0 Å². The molecule has 0 aromatic rings. The summed E-state index contributed by atoms with van der Waals surface area (Å²) in [7, 11) is 20.5. The van der Waals surface area contributed by atoms with Crippen molar-refractivity contribution in [3.63, 3.8) is 0 Å². The van der Waals surface area contributed by atoms with Gasteiger partial charge in [0.05, 0.1) is 12.4 Å². The number of ether oxygens (including phenoxy) is 2. The SMILES string of the molecule is COCCOC(=O)CS.PPP(P)P(P(P)P)P(P)P. The Bertz CT molecular complexity index is 236. The number of carbonyl (C=O) groups is 1. The molecule has 0 aliphatic carbocycles. The van der Waals surface area contributed by atoms with E-state index in [-0.39, 0.29) is 39.7 Å². The minimum atomic E-state index is -0.310. The number of esters is 1. The Balaban J connectivity index is 0. The van der Waals surface area contributed by atoms with E-state index in [1.54, 1.807) is 7.11 Å². The molecule has 0 saturated carbocycles. The number of thiol groups is 1. The first-order chi connectivity index (χ1) is 9.31. The molecule has 0 heterocycles. The fraction of sp³-hybridized carbons (Fsp3) is 0.800. The predicted octanol–water partition coefficient (Wildman–Crippen LogP) is 6.10. The van der Waals surface area contributed by atoms with E-state index in [1.165, 1.54) is 0 Å². The Hall–Kier alpha value is 4.51. The smallest absolute Gasteiger partial charge is 0.315 e. The highest BCUT2D eigenvalue weighted by Crippen LogP contribution is 3.12. The second-order valence-corrected chi connectivity index (χ2v) is 42.2. The Morgan fingerprint density at radius 3 is 1.90 bits per heavy atom. The molecule has 0 radical (unpaired) electrons. The van der Waals surface area contributed by atoms with Crippen LogP contribution in [0.3, 0.4) is 0 Å². The second kappa shape index (κ2) is 18.3. The molecule has 0 N–H and O–H groups in total. The molecular weight excluding hydrogens is 481 g/mol. The van der Waals surface area contributed by atoms with Gasteiger partial charge in [-0.25, -0.2) is 0 Å². The molecule has 0 spiro atoms. The standard InChI is InChI=1S/C5H10O3S.H13P11/c1-7-2-3-8-5(6)4-9;1-7-10(6)11(8(2)3)9(4)5/h9H,2-4H2,1H3;7H,1-6H2. The van der Waals surface area contributed by atoms with Crippen LogP contribution in [0.4, 0.5) is 0 Å². The third-order valence-corrected chi connectivity index (χ3v) is 60.7. The van der Waals surface area contributed by atoms with Gasteiger partial charge in [0.25, 0.3) is 0 Å². The summed E-state index contributed by atoms with van der Waals surface area (Å²) < 4.78 is 9.23. The van der Waals surface area contributed by atoms with Gasteiger partial charge in [0, 0.05) is 7.11 Å². The Morgan fingerprint density at radius 2 is 1.65 bits per heavy atom. The lowest BCUT2D eigenvalue weighted by molar-refractivity contribution is -0.141. The van der Waals surface area contributed by atoms with E-state index in [2.05, 4.69) is 75.7 Å². The lowest BCUT2D eigenvalue weighted by Crippen LogP contribution is -2.10. The van der Waals surface area contributed by atoms with Gasteiger partial charge < -0.3 is 9.47 Å². The highest BCUT2D eigenvalue weighted by molar-refractivity contribution is 9.18. The van der Waals surface area contributed by atoms with Gasteiger partial charge in [-0.15, -0.1) is 53.6 Å². The van der Waals surface area contributed by atoms with E-state index in [4.69, 9.17) is 0 Å². The average Bonchev–Trinajstić information content (AvgIpc) is 2.38. The quantitative estimate of drug-likeness (QED) is 0.188. The maximum Gasteiger partial charge on any atom is 0.315 e. The summed E-state index contributed by atoms with van der Waals surface area (Å²) in [5.74, 6) is -0.181. The summed E-state index contributed by atoms with van der Waals surface area (Å²) >= 11 is 3.70. The number of methoxy groups -OCH3 is 1. The summed E-state index contributed by atoms with van der Waals surface area (Å²) in [5.41, 5.74) is 0. The van der Waals surface area contributed by atoms with Crippen molar-refractivity contribution < 1.29 is 14.3 Å². The van der Waals surface area contributed by atoms with E-state index in [0.29, 0.717) is 13.2 Å². The van der Waals surface area contributed by atoms with E-state index in [0.717, 1.165) is 7.96 Å². The molecule has 122 valence electrons. The Morgan fingerprint density at radius 1 is 1.15 bits per heavy atom. The molecule has 8 atom stereocenters. The van der Waals surface area contributed by atoms with Gasteiger partial charge in [0.15, 0.2) is 0 Å². The van der Waals surface area contributed by atoms with Crippen molar-refractivity contribution >= 4 is 108 Å². The number of hydrogen-bond acceptors (Lipinski definition) is 4. The number of rotatable bonds is 8. The van der Waals surface area contributed by atoms with Gasteiger partial charge in [0.1, 0.15) is 6.61 Å². The zero-order chi connectivity index (χ0) is 16.1. The van der Waals surface area contributed by atoms with Crippen molar-refractivity contribution in [1.82, 2.24) is 0 Å². The zero-order valence-corrected chi connectivity index (χ0v) is 23.4. The van der Waals surface area contributed by atoms with Crippen LogP contribution in [-0.2, 0) is 14.3 Å². The minimum absolute atomic E-state index is 0.129. The fourth-order valence-corrected chi connectivity index (χ4v) is 96.0. The van der Waals surface area contributed by atoms with Crippen molar-refractivity contribution in [2.75, 3.05) is 26.1 Å². The largest absolute Gasteiger partial charge is 0.463 e. The second-order valence-electron chi connectivity index (χ2n) is 2.87. The molecule has 0 rings (SSSR count). The molecular formula is C5H23O3P11S. The first-order valence-corrected chi connectivity index (χ1v) is 24.8. The lowest BCUT2D eigenvalue weighted by atomic mass is 10.7. The first-order valence-electron chi connectivity index (χ1n) is 4.97. The Labute approximate surface area is 148 Å². The monoisotopic (exact) mass is 504 g/mol. The van der Waals surface area contributed by atoms with Gasteiger partial charge in [-0.05, 0) is 27.9 Å². The van der Waals surface area contributed by atoms with E-state index >= 15 is 0 Å². The fourth-order valence-electron chi connectivity index (χ4n) is 0.678. The van der Waals surface area contributed by atoms with Crippen LogP contribution in [0.1, 0.15) is 0 Å².